The van der Waals surface area contributed by atoms with Crippen molar-refractivity contribution in [3.63, 3.8) is 0 Å². The van der Waals surface area contributed by atoms with Crippen LogP contribution < -0.4 is 10.1 Å². The molecule has 144 valence electrons. The van der Waals surface area contributed by atoms with Gasteiger partial charge in [0.15, 0.2) is 5.69 Å². The second-order valence-corrected chi connectivity index (χ2v) is 6.95. The number of hydrogen-bond donors (Lipinski definition) is 2. The number of benzene rings is 1. The summed E-state index contributed by atoms with van der Waals surface area (Å²) in [5, 5.41) is 19.1. The molecule has 3 rings (SSSR count). The Morgan fingerprint density at radius 3 is 2.52 bits per heavy atom. The summed E-state index contributed by atoms with van der Waals surface area (Å²) in [6.45, 7) is 0.484. The van der Waals surface area contributed by atoms with E-state index in [1.807, 2.05) is 12.1 Å². The minimum Gasteiger partial charge on any atom is -0.497 e. The van der Waals surface area contributed by atoms with Crippen molar-refractivity contribution in [2.45, 2.75) is 44.1 Å². The van der Waals surface area contributed by atoms with E-state index in [1.54, 1.807) is 7.11 Å². The van der Waals surface area contributed by atoms with Gasteiger partial charge in [-0.05, 0) is 30.5 Å². The number of ether oxygens (including phenoxy) is 1. The molecule has 1 fully saturated rings. The highest BCUT2D eigenvalue weighted by Gasteiger charge is 2.34. The zero-order chi connectivity index (χ0) is 19.3. The number of aromatic carboxylic acids is 1. The minimum absolute atomic E-state index is 0.0566. The Bertz CT molecular complexity index is 794. The largest absolute Gasteiger partial charge is 0.497 e. The lowest BCUT2D eigenvalue weighted by Gasteiger charge is -2.38. The molecule has 1 aromatic carbocycles. The summed E-state index contributed by atoms with van der Waals surface area (Å²) in [5.41, 5.74) is 0.941. The van der Waals surface area contributed by atoms with Crippen molar-refractivity contribution in [2.24, 2.45) is 0 Å². The molecule has 0 spiro atoms. The zero-order valence-electron chi connectivity index (χ0n) is 15.4. The predicted molar refractivity (Wildman–Crippen MR) is 97.7 cm³/mol. The molecule has 8 heteroatoms. The number of carboxylic acid groups (broad SMARTS) is 1. The first-order chi connectivity index (χ1) is 13.0. The molecule has 0 radical (unpaired) electrons. The van der Waals surface area contributed by atoms with Gasteiger partial charge in [-0.2, -0.15) is 0 Å². The molecule has 1 saturated carbocycles. The summed E-state index contributed by atoms with van der Waals surface area (Å²) < 4.78 is 6.48. The van der Waals surface area contributed by atoms with Crippen LogP contribution in [-0.4, -0.2) is 45.6 Å². The number of carbonyl (C=O) groups excluding carboxylic acids is 1. The molecule has 1 heterocycles. The third kappa shape index (κ3) is 4.45. The van der Waals surface area contributed by atoms with E-state index in [0.717, 1.165) is 31.4 Å². The van der Waals surface area contributed by atoms with Gasteiger partial charge in [0.1, 0.15) is 12.3 Å². The summed E-state index contributed by atoms with van der Waals surface area (Å²) in [5.74, 6) is -0.563. The molecule has 2 N–H and O–H groups in total. The van der Waals surface area contributed by atoms with Crippen LogP contribution in [0.25, 0.3) is 0 Å². The first kappa shape index (κ1) is 18.9. The minimum atomic E-state index is -1.16. The second kappa shape index (κ2) is 8.20. The van der Waals surface area contributed by atoms with Crippen LogP contribution in [0.2, 0.25) is 0 Å². The number of hydrogen-bond acceptors (Lipinski definition) is 5. The molecule has 1 aliphatic carbocycles. The normalized spacial score (nSPS) is 15.9. The van der Waals surface area contributed by atoms with Gasteiger partial charge < -0.3 is 15.2 Å². The quantitative estimate of drug-likeness (QED) is 0.770. The van der Waals surface area contributed by atoms with Crippen molar-refractivity contribution in [1.82, 2.24) is 20.3 Å². The molecule has 1 aliphatic rings. The number of methoxy groups -OCH3 is 1. The fraction of sp³-hybridized carbons (Fsp3) is 0.474. The van der Waals surface area contributed by atoms with E-state index in [9.17, 15) is 9.59 Å². The van der Waals surface area contributed by atoms with Crippen LogP contribution >= 0.6 is 0 Å². The number of nitrogens with zero attached hydrogens (tertiary/aromatic N) is 3. The van der Waals surface area contributed by atoms with Gasteiger partial charge in [0.2, 0.25) is 5.91 Å². The van der Waals surface area contributed by atoms with Gasteiger partial charge in [-0.1, -0.05) is 36.6 Å². The number of rotatable bonds is 7. The van der Waals surface area contributed by atoms with E-state index in [2.05, 4.69) is 27.8 Å². The summed E-state index contributed by atoms with van der Waals surface area (Å²) in [6, 6.07) is 8.06. The SMILES string of the molecule is COc1ccc(C2(CNC(=O)Cn3cc(C(=O)O)nn3)CCCCC2)cc1. The third-order valence-corrected chi connectivity index (χ3v) is 5.20. The second-order valence-electron chi connectivity index (χ2n) is 6.95. The molecule has 0 unspecified atom stereocenters. The van der Waals surface area contributed by atoms with Gasteiger partial charge >= 0.3 is 5.97 Å². The molecular formula is C19H24N4O4. The Balaban J connectivity index is 1.67. The Morgan fingerprint density at radius 1 is 1.22 bits per heavy atom. The van der Waals surface area contributed by atoms with Crippen LogP contribution in [0, 0.1) is 0 Å². The first-order valence-electron chi connectivity index (χ1n) is 9.07. The van der Waals surface area contributed by atoms with Crippen LogP contribution in [0.15, 0.2) is 30.5 Å². The maximum Gasteiger partial charge on any atom is 0.358 e. The smallest absolute Gasteiger partial charge is 0.358 e. The molecule has 2 aromatic rings. The van der Waals surface area contributed by atoms with Gasteiger partial charge in [-0.15, -0.1) is 5.10 Å². The van der Waals surface area contributed by atoms with Crippen LogP contribution in [0.1, 0.15) is 48.2 Å². The average molecular weight is 372 g/mol. The first-order valence-corrected chi connectivity index (χ1v) is 9.07. The van der Waals surface area contributed by atoms with Crippen LogP contribution in [0.3, 0.4) is 0 Å². The highest BCUT2D eigenvalue weighted by molar-refractivity contribution is 5.84. The van der Waals surface area contributed by atoms with Crippen LogP contribution in [0.5, 0.6) is 5.75 Å². The van der Waals surface area contributed by atoms with E-state index in [0.29, 0.717) is 6.54 Å². The topological polar surface area (TPSA) is 106 Å². The van der Waals surface area contributed by atoms with Gasteiger partial charge in [0, 0.05) is 12.0 Å². The number of carbonyl (C=O) groups is 2. The molecule has 1 aromatic heterocycles. The van der Waals surface area contributed by atoms with Gasteiger partial charge in [0.05, 0.1) is 13.3 Å². The molecule has 1 amide bonds. The van der Waals surface area contributed by atoms with E-state index >= 15 is 0 Å². The van der Waals surface area contributed by atoms with Gasteiger partial charge in [-0.25, -0.2) is 9.48 Å². The zero-order valence-corrected chi connectivity index (χ0v) is 15.4. The molecular weight excluding hydrogens is 348 g/mol. The maximum absolute atomic E-state index is 12.3. The number of amides is 1. The third-order valence-electron chi connectivity index (χ3n) is 5.20. The predicted octanol–water partition coefficient (Wildman–Crippen LogP) is 2.00. The Kier molecular flexibility index (Phi) is 5.73. The molecule has 0 bridgehead atoms. The van der Waals surface area contributed by atoms with Crippen molar-refractivity contribution in [3.8, 4) is 5.75 Å². The van der Waals surface area contributed by atoms with Crippen LogP contribution in [-0.2, 0) is 16.8 Å². The van der Waals surface area contributed by atoms with Crippen molar-refractivity contribution in [3.05, 3.63) is 41.7 Å². The van der Waals surface area contributed by atoms with Crippen molar-refractivity contribution >= 4 is 11.9 Å². The summed E-state index contributed by atoms with van der Waals surface area (Å²) in [6.07, 6.45) is 6.77. The van der Waals surface area contributed by atoms with E-state index in [4.69, 9.17) is 9.84 Å². The van der Waals surface area contributed by atoms with Crippen molar-refractivity contribution in [1.29, 1.82) is 0 Å². The van der Waals surface area contributed by atoms with Gasteiger partial charge in [0.25, 0.3) is 0 Å². The van der Waals surface area contributed by atoms with E-state index in [-0.39, 0.29) is 23.6 Å². The number of carboxylic acids is 1. The lowest BCUT2D eigenvalue weighted by molar-refractivity contribution is -0.122. The lowest BCUT2D eigenvalue weighted by atomic mass is 9.69. The molecule has 27 heavy (non-hydrogen) atoms. The highest BCUT2D eigenvalue weighted by Crippen LogP contribution is 2.39. The highest BCUT2D eigenvalue weighted by atomic mass is 16.5. The number of aromatic nitrogens is 3. The van der Waals surface area contributed by atoms with E-state index in [1.165, 1.54) is 22.9 Å². The Hall–Kier alpha value is -2.90. The summed E-state index contributed by atoms with van der Waals surface area (Å²) in [7, 11) is 1.64. The van der Waals surface area contributed by atoms with Crippen LogP contribution in [0.4, 0.5) is 0 Å². The maximum atomic E-state index is 12.3. The Labute approximate surface area is 157 Å². The molecule has 0 aliphatic heterocycles. The summed E-state index contributed by atoms with van der Waals surface area (Å²) >= 11 is 0. The monoisotopic (exact) mass is 372 g/mol. The fourth-order valence-electron chi connectivity index (χ4n) is 3.69. The number of nitrogens with one attached hydrogen (secondary N) is 1. The average Bonchev–Trinajstić information content (AvgIpc) is 3.16. The lowest BCUT2D eigenvalue weighted by Crippen LogP contribution is -2.43. The van der Waals surface area contributed by atoms with Gasteiger partial charge in [-0.3, -0.25) is 4.79 Å². The van der Waals surface area contributed by atoms with Crippen molar-refractivity contribution in [2.75, 3.05) is 13.7 Å². The molecule has 0 atom stereocenters. The fourth-order valence-corrected chi connectivity index (χ4v) is 3.69. The van der Waals surface area contributed by atoms with E-state index < -0.39 is 5.97 Å². The Morgan fingerprint density at radius 2 is 1.93 bits per heavy atom. The molecule has 0 saturated heterocycles. The van der Waals surface area contributed by atoms with Crippen molar-refractivity contribution < 1.29 is 19.4 Å². The molecule has 8 nitrogen and oxygen atoms in total. The summed E-state index contributed by atoms with van der Waals surface area (Å²) in [4.78, 5) is 23.2. The standard InChI is InChI=1S/C19H24N4O4/c1-27-15-7-5-14(6-8-15)19(9-3-2-4-10-19)13-20-17(24)12-23-11-16(18(25)26)21-22-23/h5-8,11H,2-4,9-10,12-13H2,1H3,(H,20,24)(H,25,26).